The van der Waals surface area contributed by atoms with Crippen molar-refractivity contribution < 1.29 is 28.6 Å². The Labute approximate surface area is 123 Å². The minimum atomic E-state index is -0.877. The summed E-state index contributed by atoms with van der Waals surface area (Å²) in [5.74, 6) is -1.49. The Morgan fingerprint density at radius 3 is 2.29 bits per heavy atom. The molecule has 0 atom stereocenters. The number of amides is 1. The Kier molecular flexibility index (Phi) is 8.51. The fourth-order valence-electron chi connectivity index (χ4n) is 1.01. The van der Waals surface area contributed by atoms with Gasteiger partial charge >= 0.3 is 18.0 Å². The lowest BCUT2D eigenvalue weighted by Crippen LogP contribution is -2.44. The molecule has 2 N–H and O–H groups in total. The molecule has 0 rings (SSSR count). The van der Waals surface area contributed by atoms with Crippen LogP contribution in [0.2, 0.25) is 0 Å². The van der Waals surface area contributed by atoms with Crippen molar-refractivity contribution in [1.29, 1.82) is 5.41 Å². The number of alkyl carbamates (subject to hydrolysis) is 1. The van der Waals surface area contributed by atoms with Gasteiger partial charge in [-0.15, -0.1) is 0 Å². The second-order valence-corrected chi connectivity index (χ2v) is 4.36. The average Bonchev–Trinajstić information content (AvgIpc) is 2.42. The van der Waals surface area contributed by atoms with Gasteiger partial charge < -0.3 is 19.1 Å². The van der Waals surface area contributed by atoms with Gasteiger partial charge in [-0.1, -0.05) is 13.8 Å². The summed E-state index contributed by atoms with van der Waals surface area (Å²) in [5.41, 5.74) is 0. The van der Waals surface area contributed by atoms with Crippen LogP contribution < -0.4 is 5.32 Å². The van der Waals surface area contributed by atoms with Gasteiger partial charge in [0.25, 0.3) is 0 Å². The number of guanidine groups is 1. The van der Waals surface area contributed by atoms with E-state index in [1.807, 2.05) is 0 Å². The van der Waals surface area contributed by atoms with E-state index in [4.69, 9.17) is 14.9 Å². The molecular weight excluding hydrogens is 282 g/mol. The second-order valence-electron chi connectivity index (χ2n) is 4.36. The summed E-state index contributed by atoms with van der Waals surface area (Å²) in [6, 6.07) is 0. The van der Waals surface area contributed by atoms with Crippen LogP contribution >= 0.6 is 0 Å². The lowest BCUT2D eigenvalue weighted by molar-refractivity contribution is -0.148. The van der Waals surface area contributed by atoms with Crippen LogP contribution in [0, 0.1) is 11.3 Å². The number of carbonyl (C=O) groups is 3. The van der Waals surface area contributed by atoms with Crippen molar-refractivity contribution in [2.24, 2.45) is 5.92 Å². The first-order valence-corrected chi connectivity index (χ1v) is 6.24. The number of ether oxygens (including phenoxy) is 3. The molecule has 0 aromatic rings. The van der Waals surface area contributed by atoms with Crippen LogP contribution in [0.1, 0.15) is 13.8 Å². The fourth-order valence-corrected chi connectivity index (χ4v) is 1.01. The highest BCUT2D eigenvalue weighted by atomic mass is 16.6. The van der Waals surface area contributed by atoms with Gasteiger partial charge in [0.15, 0.2) is 0 Å². The summed E-state index contributed by atoms with van der Waals surface area (Å²) in [7, 11) is 2.66. The van der Waals surface area contributed by atoms with Gasteiger partial charge in [-0.05, 0) is 0 Å². The number of nitrogens with one attached hydrogen (secondary N) is 2. The molecule has 0 fully saturated rings. The van der Waals surface area contributed by atoms with E-state index in [1.54, 1.807) is 13.8 Å². The molecule has 0 aliphatic carbocycles. The first-order chi connectivity index (χ1) is 9.77. The summed E-state index contributed by atoms with van der Waals surface area (Å²) in [4.78, 5) is 34.6. The second kappa shape index (κ2) is 9.56. The average molecular weight is 303 g/mol. The number of carbonyl (C=O) groups excluding carboxylic acids is 3. The van der Waals surface area contributed by atoms with Gasteiger partial charge in [-0.3, -0.25) is 20.3 Å². The zero-order valence-corrected chi connectivity index (χ0v) is 12.6. The number of methoxy groups -OCH3 is 1. The van der Waals surface area contributed by atoms with E-state index < -0.39 is 12.1 Å². The number of likely N-dealkylation sites (N-methyl/N-ethyl adjacent to an activating group) is 1. The first kappa shape index (κ1) is 18.7. The van der Waals surface area contributed by atoms with E-state index in [9.17, 15) is 14.4 Å². The van der Waals surface area contributed by atoms with Gasteiger partial charge in [0.2, 0.25) is 5.96 Å². The first-order valence-electron chi connectivity index (χ1n) is 6.24. The molecule has 0 aliphatic heterocycles. The Bertz CT molecular complexity index is 396. The zero-order valence-electron chi connectivity index (χ0n) is 12.6. The third-order valence-corrected chi connectivity index (χ3v) is 2.23. The van der Waals surface area contributed by atoms with E-state index in [2.05, 4.69) is 10.1 Å². The molecule has 0 saturated heterocycles. The number of hydrogen-bond donors (Lipinski definition) is 2. The third-order valence-electron chi connectivity index (χ3n) is 2.23. The maximum atomic E-state index is 11.3. The molecule has 1 amide bonds. The van der Waals surface area contributed by atoms with Gasteiger partial charge in [0.05, 0.1) is 13.0 Å². The molecule has 0 aromatic carbocycles. The minimum Gasteiger partial charge on any atom is -0.468 e. The van der Waals surface area contributed by atoms with Crippen LogP contribution in [0.15, 0.2) is 0 Å². The van der Waals surface area contributed by atoms with E-state index >= 15 is 0 Å². The molecule has 21 heavy (non-hydrogen) atoms. The molecule has 0 aliphatic rings. The van der Waals surface area contributed by atoms with Crippen LogP contribution in [0.3, 0.4) is 0 Å². The highest BCUT2D eigenvalue weighted by Crippen LogP contribution is 1.95. The molecule has 0 unspecified atom stereocenters. The van der Waals surface area contributed by atoms with E-state index in [0.717, 1.165) is 0 Å². The Morgan fingerprint density at radius 2 is 1.76 bits per heavy atom. The molecular formula is C12H21N3O6. The van der Waals surface area contributed by atoms with Gasteiger partial charge in [-0.25, -0.2) is 4.79 Å². The van der Waals surface area contributed by atoms with Crippen LogP contribution in [0.4, 0.5) is 4.79 Å². The van der Waals surface area contributed by atoms with Crippen molar-refractivity contribution in [1.82, 2.24) is 10.2 Å². The highest BCUT2D eigenvalue weighted by Gasteiger charge is 2.13. The summed E-state index contributed by atoms with van der Waals surface area (Å²) in [6.45, 7) is 3.01. The Balaban J connectivity index is 3.91. The third kappa shape index (κ3) is 8.45. The van der Waals surface area contributed by atoms with Crippen LogP contribution in [0.5, 0.6) is 0 Å². The molecule has 120 valence electrons. The van der Waals surface area contributed by atoms with Gasteiger partial charge in [0, 0.05) is 7.05 Å². The van der Waals surface area contributed by atoms with Crippen LogP contribution in [-0.4, -0.2) is 62.8 Å². The fraction of sp³-hybridized carbons (Fsp3) is 0.667. The quantitative estimate of drug-likeness (QED) is 0.232. The van der Waals surface area contributed by atoms with Crippen molar-refractivity contribution in [2.45, 2.75) is 13.8 Å². The van der Waals surface area contributed by atoms with Crippen molar-refractivity contribution >= 4 is 24.0 Å². The SMILES string of the molecule is COC(=O)CN(C)C(=N)NC(=O)OCCOC(=O)C(C)C. The normalized spacial score (nSPS) is 9.76. The van der Waals surface area contributed by atoms with Gasteiger partial charge in [0.1, 0.15) is 19.8 Å². The maximum Gasteiger partial charge on any atom is 0.414 e. The number of esters is 2. The molecule has 0 bridgehead atoms. The summed E-state index contributed by atoms with van der Waals surface area (Å²) in [5, 5.41) is 9.64. The van der Waals surface area contributed by atoms with Crippen molar-refractivity contribution in [3.63, 3.8) is 0 Å². The summed E-state index contributed by atoms with van der Waals surface area (Å²) >= 11 is 0. The van der Waals surface area contributed by atoms with Crippen molar-refractivity contribution in [3.05, 3.63) is 0 Å². The summed E-state index contributed by atoms with van der Waals surface area (Å²) in [6.07, 6.45) is -0.877. The molecule has 9 nitrogen and oxygen atoms in total. The van der Waals surface area contributed by atoms with Crippen molar-refractivity contribution in [3.8, 4) is 0 Å². The topological polar surface area (TPSA) is 118 Å². The molecule has 0 spiro atoms. The van der Waals surface area contributed by atoms with Crippen LogP contribution in [-0.2, 0) is 23.8 Å². The van der Waals surface area contributed by atoms with E-state index in [1.165, 1.54) is 19.1 Å². The highest BCUT2D eigenvalue weighted by molar-refractivity contribution is 5.93. The number of hydrogen-bond acceptors (Lipinski definition) is 7. The number of rotatable bonds is 6. The maximum absolute atomic E-state index is 11.3. The lowest BCUT2D eigenvalue weighted by Gasteiger charge is -2.18. The monoisotopic (exact) mass is 303 g/mol. The predicted octanol–water partition coefficient (Wildman–Crippen LogP) is -0.0486. The number of nitrogens with zero attached hydrogens (tertiary/aromatic N) is 1. The molecule has 9 heteroatoms. The smallest absolute Gasteiger partial charge is 0.414 e. The molecule has 0 radical (unpaired) electrons. The van der Waals surface area contributed by atoms with Crippen LogP contribution in [0.25, 0.3) is 0 Å². The minimum absolute atomic E-state index is 0.0598. The predicted molar refractivity (Wildman–Crippen MR) is 72.7 cm³/mol. The van der Waals surface area contributed by atoms with E-state index in [-0.39, 0.29) is 37.6 Å². The van der Waals surface area contributed by atoms with E-state index in [0.29, 0.717) is 0 Å². The Hall–Kier alpha value is -2.32. The summed E-state index contributed by atoms with van der Waals surface area (Å²) < 4.78 is 13.9. The molecule has 0 aromatic heterocycles. The lowest BCUT2D eigenvalue weighted by atomic mass is 10.2. The molecule has 0 heterocycles. The van der Waals surface area contributed by atoms with Gasteiger partial charge in [-0.2, -0.15) is 0 Å². The zero-order chi connectivity index (χ0) is 16.4. The van der Waals surface area contributed by atoms with Crippen molar-refractivity contribution in [2.75, 3.05) is 33.9 Å². The Morgan fingerprint density at radius 1 is 1.19 bits per heavy atom. The standard InChI is InChI=1S/C12H21N3O6/c1-8(2)10(17)20-5-6-21-12(18)14-11(13)15(3)7-9(16)19-4/h8H,5-7H2,1-4H3,(H2,13,14,18). The largest absolute Gasteiger partial charge is 0.468 e. The molecule has 0 saturated carbocycles.